The largest absolute Gasteiger partial charge is 0.325 e. The van der Waals surface area contributed by atoms with E-state index < -0.39 is 0 Å². The predicted molar refractivity (Wildman–Crippen MR) is 87.0 cm³/mol. The quantitative estimate of drug-likeness (QED) is 0.686. The number of carbonyl (C=O) groups is 1. The van der Waals surface area contributed by atoms with Crippen molar-refractivity contribution in [1.82, 2.24) is 9.97 Å². The summed E-state index contributed by atoms with van der Waals surface area (Å²) in [5.74, 6) is 0.538. The molecule has 1 N–H and O–H groups in total. The Bertz CT molecular complexity index is 758. The lowest BCUT2D eigenvalue weighted by atomic mass is 10.3. The molecule has 0 fully saturated rings. The first-order valence-corrected chi connectivity index (χ1v) is 7.79. The van der Waals surface area contributed by atoms with Crippen LogP contribution in [0.4, 0.5) is 5.69 Å². The van der Waals surface area contributed by atoms with Crippen LogP contribution in [0, 0.1) is 25.2 Å². The molecule has 0 aliphatic heterocycles. The fourth-order valence-corrected chi connectivity index (χ4v) is 2.88. The van der Waals surface area contributed by atoms with E-state index in [1.807, 2.05) is 0 Å². The van der Waals surface area contributed by atoms with Gasteiger partial charge < -0.3 is 5.32 Å². The zero-order valence-corrected chi connectivity index (χ0v) is 13.6. The Kier molecular flexibility index (Phi) is 5.36. The monoisotopic (exact) mass is 332 g/mol. The van der Waals surface area contributed by atoms with Gasteiger partial charge in [-0.05, 0) is 32.0 Å². The van der Waals surface area contributed by atoms with Crippen LogP contribution in [0.1, 0.15) is 17.1 Å². The zero-order chi connectivity index (χ0) is 16.1. The number of benzene rings is 1. The average Bonchev–Trinajstić information content (AvgIpc) is 2.44. The molecule has 1 aromatic heterocycles. The Balaban J connectivity index is 2.04. The van der Waals surface area contributed by atoms with Crippen molar-refractivity contribution in [2.75, 3.05) is 11.1 Å². The fraction of sp³-hybridized carbons (Fsp3) is 0.200. The second-order valence-electron chi connectivity index (χ2n) is 4.50. The summed E-state index contributed by atoms with van der Waals surface area (Å²) in [7, 11) is 0. The van der Waals surface area contributed by atoms with Gasteiger partial charge in [-0.2, -0.15) is 5.26 Å². The summed E-state index contributed by atoms with van der Waals surface area (Å²) >= 11 is 7.08. The van der Waals surface area contributed by atoms with E-state index in [2.05, 4.69) is 21.4 Å². The molecule has 2 rings (SSSR count). The van der Waals surface area contributed by atoms with Crippen molar-refractivity contribution >= 4 is 35.0 Å². The topological polar surface area (TPSA) is 78.7 Å². The minimum absolute atomic E-state index is 0.150. The number of rotatable bonds is 4. The van der Waals surface area contributed by atoms with Crippen molar-refractivity contribution in [2.24, 2.45) is 0 Å². The van der Waals surface area contributed by atoms with Gasteiger partial charge in [0.15, 0.2) is 0 Å². The Morgan fingerprint density at radius 2 is 2.18 bits per heavy atom. The van der Waals surface area contributed by atoms with Gasteiger partial charge in [0.1, 0.15) is 22.5 Å². The number of nitrogens with one attached hydrogen (secondary N) is 1. The van der Waals surface area contributed by atoms with Gasteiger partial charge in [-0.15, -0.1) is 0 Å². The number of carbonyl (C=O) groups excluding carboxylic acids is 1. The molecule has 0 spiro atoms. The highest BCUT2D eigenvalue weighted by molar-refractivity contribution is 8.00. The van der Waals surface area contributed by atoms with Crippen molar-refractivity contribution in [2.45, 2.75) is 18.9 Å². The van der Waals surface area contributed by atoms with Gasteiger partial charge in [0.05, 0.1) is 11.4 Å². The summed E-state index contributed by atoms with van der Waals surface area (Å²) in [6, 6.07) is 9.00. The van der Waals surface area contributed by atoms with E-state index in [0.29, 0.717) is 32.8 Å². The Morgan fingerprint density at radius 1 is 1.41 bits per heavy atom. The Morgan fingerprint density at radius 3 is 2.86 bits per heavy atom. The molecular weight excluding hydrogens is 320 g/mol. The number of amides is 1. The lowest BCUT2D eigenvalue weighted by Crippen LogP contribution is -2.14. The van der Waals surface area contributed by atoms with Crippen LogP contribution in [0.3, 0.4) is 0 Å². The first-order valence-electron chi connectivity index (χ1n) is 6.43. The first kappa shape index (κ1) is 16.3. The first-order chi connectivity index (χ1) is 10.5. The average molecular weight is 333 g/mol. The van der Waals surface area contributed by atoms with Crippen molar-refractivity contribution in [3.8, 4) is 6.07 Å². The summed E-state index contributed by atoms with van der Waals surface area (Å²) in [5, 5.41) is 13.0. The zero-order valence-electron chi connectivity index (χ0n) is 12.1. The van der Waals surface area contributed by atoms with Crippen LogP contribution in [-0.4, -0.2) is 21.6 Å². The SMILES string of the molecule is Cc1nc(C)c(C#N)c(SCC(=O)Nc2cccc(Cl)c2)n1. The van der Waals surface area contributed by atoms with Gasteiger partial charge in [-0.3, -0.25) is 4.79 Å². The second kappa shape index (κ2) is 7.25. The number of hydrogen-bond acceptors (Lipinski definition) is 5. The van der Waals surface area contributed by atoms with E-state index in [1.165, 1.54) is 11.8 Å². The van der Waals surface area contributed by atoms with Crippen LogP contribution in [0.5, 0.6) is 0 Å². The molecule has 0 unspecified atom stereocenters. The Labute approximate surface area is 137 Å². The molecule has 0 bridgehead atoms. The molecule has 0 aliphatic carbocycles. The van der Waals surface area contributed by atoms with Crippen LogP contribution in [0.25, 0.3) is 0 Å². The fourth-order valence-electron chi connectivity index (χ4n) is 1.81. The van der Waals surface area contributed by atoms with Gasteiger partial charge in [0, 0.05) is 10.7 Å². The van der Waals surface area contributed by atoms with Crippen molar-refractivity contribution in [1.29, 1.82) is 5.26 Å². The summed E-state index contributed by atoms with van der Waals surface area (Å²) in [5.41, 5.74) is 1.66. The van der Waals surface area contributed by atoms with E-state index in [-0.39, 0.29) is 11.7 Å². The third kappa shape index (κ3) is 4.20. The van der Waals surface area contributed by atoms with Crippen LogP contribution < -0.4 is 5.32 Å². The molecule has 1 heterocycles. The molecule has 112 valence electrons. The predicted octanol–water partition coefficient (Wildman–Crippen LogP) is 3.35. The standard InChI is InChI=1S/C15H13ClN4OS/c1-9-13(7-17)15(19-10(2)18-9)22-8-14(21)20-12-5-3-4-11(16)6-12/h3-6H,8H2,1-2H3,(H,20,21). The number of aryl methyl sites for hydroxylation is 2. The minimum Gasteiger partial charge on any atom is -0.325 e. The van der Waals surface area contributed by atoms with Gasteiger partial charge in [0.2, 0.25) is 5.91 Å². The van der Waals surface area contributed by atoms with Gasteiger partial charge in [-0.25, -0.2) is 9.97 Å². The molecule has 0 saturated heterocycles. The van der Waals surface area contributed by atoms with Crippen LogP contribution in [0.15, 0.2) is 29.3 Å². The van der Waals surface area contributed by atoms with Crippen LogP contribution >= 0.6 is 23.4 Å². The van der Waals surface area contributed by atoms with E-state index >= 15 is 0 Å². The number of hydrogen-bond donors (Lipinski definition) is 1. The second-order valence-corrected chi connectivity index (χ2v) is 5.90. The molecule has 0 aliphatic rings. The Hall–Kier alpha value is -2.10. The van der Waals surface area contributed by atoms with E-state index in [9.17, 15) is 4.79 Å². The lowest BCUT2D eigenvalue weighted by Gasteiger charge is -2.07. The van der Waals surface area contributed by atoms with E-state index in [1.54, 1.807) is 38.1 Å². The van der Waals surface area contributed by atoms with Gasteiger partial charge >= 0.3 is 0 Å². The molecule has 7 heteroatoms. The minimum atomic E-state index is -0.190. The number of aromatic nitrogens is 2. The van der Waals surface area contributed by atoms with Crippen LogP contribution in [-0.2, 0) is 4.79 Å². The van der Waals surface area contributed by atoms with Crippen molar-refractivity contribution in [3.05, 3.63) is 46.4 Å². The van der Waals surface area contributed by atoms with E-state index in [4.69, 9.17) is 16.9 Å². The summed E-state index contributed by atoms with van der Waals surface area (Å²) < 4.78 is 0. The van der Waals surface area contributed by atoms with Crippen molar-refractivity contribution in [3.63, 3.8) is 0 Å². The third-order valence-corrected chi connectivity index (χ3v) is 3.94. The van der Waals surface area contributed by atoms with Gasteiger partial charge in [0.25, 0.3) is 0 Å². The lowest BCUT2D eigenvalue weighted by molar-refractivity contribution is -0.113. The molecule has 0 atom stereocenters. The molecule has 5 nitrogen and oxygen atoms in total. The third-order valence-electron chi connectivity index (χ3n) is 2.73. The maximum Gasteiger partial charge on any atom is 0.234 e. The summed E-state index contributed by atoms with van der Waals surface area (Å²) in [6.07, 6.45) is 0. The highest BCUT2D eigenvalue weighted by Crippen LogP contribution is 2.22. The molecule has 0 saturated carbocycles. The number of thioether (sulfide) groups is 1. The summed E-state index contributed by atoms with van der Waals surface area (Å²) in [4.78, 5) is 20.3. The molecule has 22 heavy (non-hydrogen) atoms. The number of nitrogens with zero attached hydrogens (tertiary/aromatic N) is 3. The summed E-state index contributed by atoms with van der Waals surface area (Å²) in [6.45, 7) is 3.51. The highest BCUT2D eigenvalue weighted by atomic mass is 35.5. The molecule has 1 amide bonds. The molecule has 2 aromatic rings. The van der Waals surface area contributed by atoms with Crippen LogP contribution in [0.2, 0.25) is 5.02 Å². The normalized spacial score (nSPS) is 10.1. The molecule has 0 radical (unpaired) electrons. The molecular formula is C15H13ClN4OS. The van der Waals surface area contributed by atoms with E-state index in [0.717, 1.165) is 0 Å². The number of nitriles is 1. The molecule has 1 aromatic carbocycles. The number of halogens is 1. The number of anilines is 1. The maximum absolute atomic E-state index is 12.0. The maximum atomic E-state index is 12.0. The smallest absolute Gasteiger partial charge is 0.234 e. The van der Waals surface area contributed by atoms with Gasteiger partial charge in [-0.1, -0.05) is 29.4 Å². The van der Waals surface area contributed by atoms with Crippen molar-refractivity contribution < 1.29 is 4.79 Å². The highest BCUT2D eigenvalue weighted by Gasteiger charge is 2.12.